The lowest BCUT2D eigenvalue weighted by Crippen LogP contribution is -2.13. The minimum absolute atomic E-state index is 0.0393. The lowest BCUT2D eigenvalue weighted by molar-refractivity contribution is -0.136. The Kier molecular flexibility index (Phi) is 4.56. The Morgan fingerprint density at radius 2 is 2.18 bits per heavy atom. The molecule has 1 N–H and O–H groups in total. The summed E-state index contributed by atoms with van der Waals surface area (Å²) in [5.74, 6) is 0.999. The van der Waals surface area contributed by atoms with E-state index in [2.05, 4.69) is 10.1 Å². The zero-order chi connectivity index (χ0) is 13.1. The van der Waals surface area contributed by atoms with E-state index >= 15 is 0 Å². The van der Waals surface area contributed by atoms with Gasteiger partial charge >= 0.3 is 5.97 Å². The SMILES string of the molecule is CC(CC(=O)O)SCc1nc(C(C)(C)C)no1. The maximum absolute atomic E-state index is 10.5. The van der Waals surface area contributed by atoms with Gasteiger partial charge in [-0.15, -0.1) is 11.8 Å². The van der Waals surface area contributed by atoms with Gasteiger partial charge in [0.15, 0.2) is 5.82 Å². The van der Waals surface area contributed by atoms with Gasteiger partial charge < -0.3 is 9.63 Å². The minimum atomic E-state index is -0.786. The summed E-state index contributed by atoms with van der Waals surface area (Å²) in [6, 6.07) is 0. The van der Waals surface area contributed by atoms with Crippen molar-refractivity contribution in [2.45, 2.75) is 50.5 Å². The Hall–Kier alpha value is -1.04. The summed E-state index contributed by atoms with van der Waals surface area (Å²) < 4.78 is 5.12. The van der Waals surface area contributed by atoms with E-state index in [0.29, 0.717) is 17.5 Å². The van der Waals surface area contributed by atoms with Crippen LogP contribution in [0.2, 0.25) is 0 Å². The van der Waals surface area contributed by atoms with Crippen molar-refractivity contribution in [1.29, 1.82) is 0 Å². The molecule has 6 heteroatoms. The first kappa shape index (κ1) is 14.0. The first-order valence-electron chi connectivity index (χ1n) is 5.45. The van der Waals surface area contributed by atoms with Gasteiger partial charge in [0, 0.05) is 10.7 Å². The fraction of sp³-hybridized carbons (Fsp3) is 0.727. The highest BCUT2D eigenvalue weighted by Crippen LogP contribution is 2.22. The molecule has 0 aromatic carbocycles. The fourth-order valence-corrected chi connectivity index (χ4v) is 1.94. The number of carboxylic acid groups (broad SMARTS) is 1. The highest BCUT2D eigenvalue weighted by atomic mass is 32.2. The molecule has 0 spiro atoms. The molecule has 0 aliphatic carbocycles. The van der Waals surface area contributed by atoms with Crippen LogP contribution < -0.4 is 0 Å². The fourth-order valence-electron chi connectivity index (χ4n) is 1.14. The largest absolute Gasteiger partial charge is 0.481 e. The van der Waals surface area contributed by atoms with E-state index in [1.165, 1.54) is 11.8 Å². The monoisotopic (exact) mass is 258 g/mol. The first-order chi connectivity index (χ1) is 7.79. The van der Waals surface area contributed by atoms with Crippen LogP contribution in [0.3, 0.4) is 0 Å². The van der Waals surface area contributed by atoms with E-state index in [0.717, 1.165) is 0 Å². The Balaban J connectivity index is 2.48. The quantitative estimate of drug-likeness (QED) is 0.874. The molecule has 1 rings (SSSR count). The van der Waals surface area contributed by atoms with E-state index in [9.17, 15) is 4.79 Å². The molecule has 1 aromatic heterocycles. The number of carbonyl (C=O) groups is 1. The molecule has 0 fully saturated rings. The van der Waals surface area contributed by atoms with Crippen molar-refractivity contribution in [2.75, 3.05) is 0 Å². The molecule has 1 unspecified atom stereocenters. The predicted octanol–water partition coefficient (Wildman–Crippen LogP) is 2.46. The maximum atomic E-state index is 10.5. The van der Waals surface area contributed by atoms with E-state index in [-0.39, 0.29) is 17.1 Å². The lowest BCUT2D eigenvalue weighted by Gasteiger charge is -2.10. The second-order valence-electron chi connectivity index (χ2n) is 4.98. The van der Waals surface area contributed by atoms with E-state index < -0.39 is 5.97 Å². The van der Waals surface area contributed by atoms with Gasteiger partial charge in [-0.1, -0.05) is 32.9 Å². The van der Waals surface area contributed by atoms with Crippen LogP contribution in [0.25, 0.3) is 0 Å². The summed E-state index contributed by atoms with van der Waals surface area (Å²) in [5.41, 5.74) is -0.126. The molecule has 0 radical (unpaired) electrons. The van der Waals surface area contributed by atoms with Crippen molar-refractivity contribution in [3.63, 3.8) is 0 Å². The molecule has 0 aliphatic heterocycles. The molecule has 1 aromatic rings. The highest BCUT2D eigenvalue weighted by molar-refractivity contribution is 7.99. The van der Waals surface area contributed by atoms with Gasteiger partial charge in [-0.25, -0.2) is 0 Å². The lowest BCUT2D eigenvalue weighted by atomic mass is 9.96. The number of hydrogen-bond acceptors (Lipinski definition) is 5. The van der Waals surface area contributed by atoms with Crippen LogP contribution in [0, 0.1) is 0 Å². The Morgan fingerprint density at radius 1 is 1.53 bits per heavy atom. The number of rotatable bonds is 5. The molecule has 96 valence electrons. The summed E-state index contributed by atoms with van der Waals surface area (Å²) in [7, 11) is 0. The van der Waals surface area contributed by atoms with Crippen LogP contribution in [0.15, 0.2) is 4.52 Å². The van der Waals surface area contributed by atoms with Gasteiger partial charge in [-0.3, -0.25) is 4.79 Å². The van der Waals surface area contributed by atoms with Crippen LogP contribution in [0.4, 0.5) is 0 Å². The smallest absolute Gasteiger partial charge is 0.304 e. The third-order valence-corrected chi connectivity index (χ3v) is 3.24. The van der Waals surface area contributed by atoms with Gasteiger partial charge in [0.05, 0.1) is 12.2 Å². The van der Waals surface area contributed by atoms with Crippen molar-refractivity contribution in [3.8, 4) is 0 Å². The third-order valence-electron chi connectivity index (χ3n) is 2.09. The van der Waals surface area contributed by atoms with Gasteiger partial charge in [0.25, 0.3) is 0 Å². The van der Waals surface area contributed by atoms with Gasteiger partial charge in [-0.05, 0) is 0 Å². The molecule has 0 saturated carbocycles. The number of hydrogen-bond donors (Lipinski definition) is 1. The zero-order valence-electron chi connectivity index (χ0n) is 10.6. The van der Waals surface area contributed by atoms with Crippen LogP contribution in [-0.2, 0) is 16.0 Å². The van der Waals surface area contributed by atoms with E-state index in [1.807, 2.05) is 27.7 Å². The normalized spacial score (nSPS) is 13.6. The van der Waals surface area contributed by atoms with Crippen LogP contribution in [0.5, 0.6) is 0 Å². The maximum Gasteiger partial charge on any atom is 0.304 e. The molecular weight excluding hydrogens is 240 g/mol. The molecule has 5 nitrogen and oxygen atoms in total. The first-order valence-corrected chi connectivity index (χ1v) is 6.50. The third kappa shape index (κ3) is 4.77. The summed E-state index contributed by atoms with van der Waals surface area (Å²) in [5, 5.41) is 12.6. The summed E-state index contributed by atoms with van der Waals surface area (Å²) in [4.78, 5) is 14.8. The number of nitrogens with zero attached hydrogens (tertiary/aromatic N) is 2. The number of aromatic nitrogens is 2. The summed E-state index contributed by atoms with van der Waals surface area (Å²) >= 11 is 1.50. The zero-order valence-corrected chi connectivity index (χ0v) is 11.4. The average molecular weight is 258 g/mol. The van der Waals surface area contributed by atoms with Gasteiger partial charge in [-0.2, -0.15) is 4.98 Å². The van der Waals surface area contributed by atoms with Crippen molar-refractivity contribution >= 4 is 17.7 Å². The van der Waals surface area contributed by atoms with Gasteiger partial charge in [0.1, 0.15) is 0 Å². The van der Waals surface area contributed by atoms with Crippen LogP contribution in [0.1, 0.15) is 45.8 Å². The van der Waals surface area contributed by atoms with Crippen molar-refractivity contribution in [2.24, 2.45) is 0 Å². The summed E-state index contributed by atoms with van der Waals surface area (Å²) in [6.07, 6.45) is 0.144. The second-order valence-corrected chi connectivity index (χ2v) is 6.41. The topological polar surface area (TPSA) is 76.2 Å². The second kappa shape index (κ2) is 5.53. The highest BCUT2D eigenvalue weighted by Gasteiger charge is 2.21. The van der Waals surface area contributed by atoms with Crippen molar-refractivity contribution in [3.05, 3.63) is 11.7 Å². The van der Waals surface area contributed by atoms with Crippen molar-refractivity contribution in [1.82, 2.24) is 10.1 Å². The van der Waals surface area contributed by atoms with Crippen molar-refractivity contribution < 1.29 is 14.4 Å². The molecule has 17 heavy (non-hydrogen) atoms. The van der Waals surface area contributed by atoms with Gasteiger partial charge in [0.2, 0.25) is 5.89 Å². The molecule has 0 aliphatic rings. The van der Waals surface area contributed by atoms with E-state index in [1.54, 1.807) is 0 Å². The Labute approximate surface area is 105 Å². The molecule has 0 amide bonds. The Morgan fingerprint density at radius 3 is 2.65 bits per heavy atom. The molecule has 1 heterocycles. The number of carboxylic acids is 1. The minimum Gasteiger partial charge on any atom is -0.481 e. The van der Waals surface area contributed by atoms with Crippen LogP contribution >= 0.6 is 11.8 Å². The number of thioether (sulfide) groups is 1. The Bertz CT molecular complexity index is 384. The standard InChI is InChI=1S/C11H18N2O3S/c1-7(5-9(14)15)17-6-8-12-10(13-16-8)11(2,3)4/h7H,5-6H2,1-4H3,(H,14,15). The van der Waals surface area contributed by atoms with Crippen LogP contribution in [-0.4, -0.2) is 26.5 Å². The predicted molar refractivity (Wildman–Crippen MR) is 66.0 cm³/mol. The molecule has 0 bridgehead atoms. The number of aliphatic carboxylic acids is 1. The molecule has 0 saturated heterocycles. The summed E-state index contributed by atoms with van der Waals surface area (Å²) in [6.45, 7) is 7.92. The molecular formula is C11H18N2O3S. The van der Waals surface area contributed by atoms with E-state index in [4.69, 9.17) is 9.63 Å². The average Bonchev–Trinajstić information content (AvgIpc) is 2.61. The molecule has 1 atom stereocenters.